The molecule has 0 spiro atoms. The molecule has 1 aromatic heterocycles. The van der Waals surface area contributed by atoms with Gasteiger partial charge in [-0.2, -0.15) is 0 Å². The zero-order valence-corrected chi connectivity index (χ0v) is 20.5. The van der Waals surface area contributed by atoms with Crippen LogP contribution in [0.3, 0.4) is 0 Å². The number of aliphatic hydroxyl groups is 1. The van der Waals surface area contributed by atoms with Crippen LogP contribution in [-0.2, 0) is 20.9 Å². The lowest BCUT2D eigenvalue weighted by atomic mass is 9.92. The Balaban J connectivity index is 1.57. The maximum atomic E-state index is 13.2. The van der Waals surface area contributed by atoms with Crippen molar-refractivity contribution in [2.75, 3.05) is 13.2 Å². The molecule has 1 heterocycles. The van der Waals surface area contributed by atoms with E-state index in [1.165, 1.54) is 12.5 Å². The number of fused-ring (bicyclic) bond motifs is 1. The van der Waals surface area contributed by atoms with E-state index in [1.54, 1.807) is 0 Å². The summed E-state index contributed by atoms with van der Waals surface area (Å²) in [6, 6.07) is 27.4. The van der Waals surface area contributed by atoms with Gasteiger partial charge in [-0.25, -0.2) is 0 Å². The number of para-hydroxylation sites is 1. The van der Waals surface area contributed by atoms with Crippen LogP contribution in [0, 0.1) is 0 Å². The highest BCUT2D eigenvalue weighted by Crippen LogP contribution is 2.33. The van der Waals surface area contributed by atoms with Gasteiger partial charge in [0.05, 0.1) is 6.04 Å². The molecule has 36 heavy (non-hydrogen) atoms. The van der Waals surface area contributed by atoms with E-state index in [9.17, 15) is 14.7 Å². The highest BCUT2D eigenvalue weighted by Gasteiger charge is 2.23. The first-order valence-corrected chi connectivity index (χ1v) is 12.3. The number of carbonyl (C=O) groups is 2. The molecule has 0 aliphatic heterocycles. The van der Waals surface area contributed by atoms with E-state index in [1.807, 2.05) is 60.7 Å². The molecule has 0 aliphatic rings. The van der Waals surface area contributed by atoms with Crippen LogP contribution < -0.4 is 5.32 Å². The van der Waals surface area contributed by atoms with Gasteiger partial charge in [-0.3, -0.25) is 9.59 Å². The molecular formula is C30H32N2O4. The second-order valence-corrected chi connectivity index (χ2v) is 8.96. The molecule has 186 valence electrons. The van der Waals surface area contributed by atoms with Crippen LogP contribution in [0.15, 0.2) is 91.1 Å². The van der Waals surface area contributed by atoms with Crippen LogP contribution in [0.2, 0.25) is 0 Å². The smallest absolute Gasteiger partial charge is 0.302 e. The van der Waals surface area contributed by atoms with Crippen molar-refractivity contribution in [1.82, 2.24) is 9.88 Å². The molecule has 0 saturated heterocycles. The monoisotopic (exact) mass is 484 g/mol. The van der Waals surface area contributed by atoms with Crippen molar-refractivity contribution < 1.29 is 19.4 Å². The van der Waals surface area contributed by atoms with Crippen LogP contribution in [0.4, 0.5) is 0 Å². The zero-order chi connectivity index (χ0) is 25.3. The van der Waals surface area contributed by atoms with Crippen LogP contribution in [0.5, 0.6) is 0 Å². The minimum absolute atomic E-state index is 0.0221. The van der Waals surface area contributed by atoms with Crippen molar-refractivity contribution >= 4 is 22.8 Å². The lowest BCUT2D eigenvalue weighted by Gasteiger charge is -2.21. The van der Waals surface area contributed by atoms with Gasteiger partial charge in [0.25, 0.3) is 0 Å². The predicted octanol–water partition coefficient (Wildman–Crippen LogP) is 4.97. The van der Waals surface area contributed by atoms with Gasteiger partial charge in [0.15, 0.2) is 0 Å². The number of nitrogens with one attached hydrogen (secondary N) is 1. The highest BCUT2D eigenvalue weighted by atomic mass is 16.5. The number of rotatable bonds is 11. The fraction of sp³-hybridized carbons (Fsp3) is 0.267. The summed E-state index contributed by atoms with van der Waals surface area (Å²) in [6.45, 7) is 2.11. The number of esters is 1. The Labute approximate surface area is 211 Å². The summed E-state index contributed by atoms with van der Waals surface area (Å²) in [5, 5.41) is 14.0. The number of carbonyl (C=O) groups excluding carboxylic acids is 2. The van der Waals surface area contributed by atoms with Crippen LogP contribution in [0.25, 0.3) is 10.9 Å². The molecule has 1 amide bonds. The number of hydrogen-bond acceptors (Lipinski definition) is 4. The first-order chi connectivity index (χ1) is 17.5. The summed E-state index contributed by atoms with van der Waals surface area (Å²) in [5.74, 6) is -0.717. The molecule has 6 heteroatoms. The molecule has 3 aromatic carbocycles. The molecular weight excluding hydrogens is 452 g/mol. The molecule has 0 aliphatic carbocycles. The molecule has 4 aromatic rings. The molecule has 0 fully saturated rings. The quantitative estimate of drug-likeness (QED) is 0.295. The molecule has 2 atom stereocenters. The average Bonchev–Trinajstić information content (AvgIpc) is 3.25. The van der Waals surface area contributed by atoms with Crippen LogP contribution in [-0.4, -0.2) is 34.8 Å². The number of ether oxygens (including phenoxy) is 1. The minimum Gasteiger partial charge on any atom is -0.463 e. The van der Waals surface area contributed by atoms with Gasteiger partial charge in [-0.1, -0.05) is 78.9 Å². The van der Waals surface area contributed by atoms with Crippen LogP contribution >= 0.6 is 0 Å². The van der Waals surface area contributed by atoms with E-state index in [0.717, 1.165) is 28.6 Å². The molecule has 0 saturated carbocycles. The van der Waals surface area contributed by atoms with Crippen molar-refractivity contribution in [3.05, 3.63) is 108 Å². The standard InChI is InChI=1S/C30H32N2O4/c1-22(34)36-21-28(24-12-6-3-7-13-24)31-30(35)18-25(16-17-33)27-20-32(19-23-10-4-2-5-11-23)29-15-9-8-14-26(27)29/h2-15,20,25,28,33H,16-19,21H2,1H3,(H,31,35)/t25-,28-/m0/s1. The van der Waals surface area contributed by atoms with E-state index in [4.69, 9.17) is 4.74 Å². The Morgan fingerprint density at radius 2 is 1.61 bits per heavy atom. The topological polar surface area (TPSA) is 80.6 Å². The van der Waals surface area contributed by atoms with E-state index in [-0.39, 0.29) is 31.5 Å². The van der Waals surface area contributed by atoms with Crippen molar-refractivity contribution in [2.45, 2.75) is 38.3 Å². The van der Waals surface area contributed by atoms with Crippen molar-refractivity contribution in [3.63, 3.8) is 0 Å². The maximum absolute atomic E-state index is 13.2. The third kappa shape index (κ3) is 6.40. The van der Waals surface area contributed by atoms with Gasteiger partial charge in [0, 0.05) is 43.6 Å². The number of benzene rings is 3. The summed E-state index contributed by atoms with van der Waals surface area (Å²) in [4.78, 5) is 24.6. The highest BCUT2D eigenvalue weighted by molar-refractivity contribution is 5.86. The Hall–Kier alpha value is -3.90. The fourth-order valence-corrected chi connectivity index (χ4v) is 4.62. The van der Waals surface area contributed by atoms with Gasteiger partial charge in [0.2, 0.25) is 5.91 Å². The van der Waals surface area contributed by atoms with Gasteiger partial charge >= 0.3 is 5.97 Å². The summed E-state index contributed by atoms with van der Waals surface area (Å²) < 4.78 is 7.42. The lowest BCUT2D eigenvalue weighted by Crippen LogP contribution is -2.33. The average molecular weight is 485 g/mol. The Kier molecular flexibility index (Phi) is 8.53. The maximum Gasteiger partial charge on any atom is 0.302 e. The predicted molar refractivity (Wildman–Crippen MR) is 141 cm³/mol. The normalized spacial score (nSPS) is 12.7. The second-order valence-electron chi connectivity index (χ2n) is 8.96. The Bertz CT molecular complexity index is 1280. The Morgan fingerprint density at radius 1 is 0.944 bits per heavy atom. The Morgan fingerprint density at radius 3 is 2.31 bits per heavy atom. The molecule has 4 rings (SSSR count). The van der Waals surface area contributed by atoms with E-state index < -0.39 is 12.0 Å². The number of aliphatic hydroxyl groups excluding tert-OH is 1. The molecule has 0 radical (unpaired) electrons. The van der Waals surface area contributed by atoms with Crippen molar-refractivity contribution in [2.24, 2.45) is 0 Å². The lowest BCUT2D eigenvalue weighted by molar-refractivity contribution is -0.142. The number of amides is 1. The number of nitrogens with zero attached hydrogens (tertiary/aromatic N) is 1. The summed E-state index contributed by atoms with van der Waals surface area (Å²) in [5.41, 5.74) is 4.20. The number of hydrogen-bond donors (Lipinski definition) is 2. The summed E-state index contributed by atoms with van der Waals surface area (Å²) >= 11 is 0. The molecule has 2 N–H and O–H groups in total. The summed E-state index contributed by atoms with van der Waals surface area (Å²) in [6.07, 6.45) is 2.79. The van der Waals surface area contributed by atoms with E-state index in [0.29, 0.717) is 6.42 Å². The first-order valence-electron chi connectivity index (χ1n) is 12.3. The van der Waals surface area contributed by atoms with Crippen LogP contribution in [0.1, 0.15) is 48.4 Å². The van der Waals surface area contributed by atoms with E-state index in [2.05, 4.69) is 40.3 Å². The minimum atomic E-state index is -0.447. The second kappa shape index (κ2) is 12.2. The molecule has 0 unspecified atom stereocenters. The van der Waals surface area contributed by atoms with Gasteiger partial charge in [0.1, 0.15) is 6.61 Å². The summed E-state index contributed by atoms with van der Waals surface area (Å²) in [7, 11) is 0. The number of aromatic nitrogens is 1. The van der Waals surface area contributed by atoms with E-state index >= 15 is 0 Å². The molecule has 6 nitrogen and oxygen atoms in total. The van der Waals surface area contributed by atoms with Gasteiger partial charge in [-0.05, 0) is 35.1 Å². The van der Waals surface area contributed by atoms with Crippen molar-refractivity contribution in [3.8, 4) is 0 Å². The van der Waals surface area contributed by atoms with Gasteiger partial charge < -0.3 is 19.7 Å². The third-order valence-corrected chi connectivity index (χ3v) is 6.35. The largest absolute Gasteiger partial charge is 0.463 e. The van der Waals surface area contributed by atoms with Crippen molar-refractivity contribution in [1.29, 1.82) is 0 Å². The fourth-order valence-electron chi connectivity index (χ4n) is 4.62. The third-order valence-electron chi connectivity index (χ3n) is 6.35. The first kappa shape index (κ1) is 25.2. The SMILES string of the molecule is CC(=O)OC[C@H](NC(=O)C[C@H](CCO)c1cn(Cc2ccccc2)c2ccccc12)c1ccccc1. The van der Waals surface area contributed by atoms with Gasteiger partial charge in [-0.15, -0.1) is 0 Å². The zero-order valence-electron chi connectivity index (χ0n) is 20.5. The molecule has 0 bridgehead atoms.